The molecule has 1 amide bonds. The van der Waals surface area contributed by atoms with Gasteiger partial charge in [0.1, 0.15) is 0 Å². The van der Waals surface area contributed by atoms with Crippen LogP contribution in [0.1, 0.15) is 44.7 Å². The van der Waals surface area contributed by atoms with E-state index in [-0.39, 0.29) is 30.0 Å². The number of nitrogens with zero attached hydrogens (tertiary/aromatic N) is 3. The predicted molar refractivity (Wildman–Crippen MR) is 117 cm³/mol. The van der Waals surface area contributed by atoms with Crippen LogP contribution in [-0.2, 0) is 4.74 Å². The number of aryl methyl sites for hydroxylation is 1. The van der Waals surface area contributed by atoms with Gasteiger partial charge in [-0.05, 0) is 57.7 Å². The highest BCUT2D eigenvalue weighted by molar-refractivity contribution is 5.76. The zero-order valence-electron chi connectivity index (χ0n) is 18.0. The number of H-pyrrole nitrogens is 1. The molecule has 1 aromatic carbocycles. The number of hydrogen-bond acceptors (Lipinski definition) is 4. The van der Waals surface area contributed by atoms with Gasteiger partial charge in [-0.1, -0.05) is 12.0 Å². The lowest BCUT2D eigenvalue weighted by Gasteiger charge is -2.43. The number of likely N-dealkylation sites (tertiary alicyclic amines) is 2. The molecule has 1 aromatic heterocycles. The van der Waals surface area contributed by atoms with Crippen LogP contribution in [0.25, 0.3) is 11.0 Å². The lowest BCUT2D eigenvalue weighted by Crippen LogP contribution is -2.52. The Hall–Kier alpha value is -2.72. The third-order valence-corrected chi connectivity index (χ3v) is 6.62. The maximum Gasteiger partial charge on any atom is 0.410 e. The van der Waals surface area contributed by atoms with Gasteiger partial charge >= 0.3 is 11.8 Å². The quantitative estimate of drug-likeness (QED) is 0.790. The summed E-state index contributed by atoms with van der Waals surface area (Å²) in [6.45, 7) is 9.34. The molecular formula is C23H30N4O3. The van der Waals surface area contributed by atoms with E-state index in [9.17, 15) is 9.59 Å². The Balaban J connectivity index is 1.40. The molecule has 2 saturated heterocycles. The normalized spacial score (nSPS) is 22.8. The van der Waals surface area contributed by atoms with Crippen molar-refractivity contribution in [1.29, 1.82) is 0 Å². The molecule has 0 bridgehead atoms. The fourth-order valence-electron chi connectivity index (χ4n) is 4.89. The van der Waals surface area contributed by atoms with Gasteiger partial charge in [-0.3, -0.25) is 9.47 Å². The molecule has 160 valence electrons. The van der Waals surface area contributed by atoms with Crippen molar-refractivity contribution in [3.63, 3.8) is 0 Å². The molecule has 1 unspecified atom stereocenters. The number of fused-ring (bicyclic) bond motifs is 1. The van der Waals surface area contributed by atoms with Gasteiger partial charge in [-0.2, -0.15) is 0 Å². The standard InChI is InChI=1S/C23H30N4O3/c1-4-5-14-30-22(29)25-13-10-23(3,16-25)26-11-8-18(9-12-26)27-20-7-6-17(2)15-19(20)24-21(27)28/h6-7,15,18H,8-14,16H2,1-3H3,(H,24,28). The third-order valence-electron chi connectivity index (χ3n) is 6.62. The number of aromatic amines is 1. The van der Waals surface area contributed by atoms with Crippen molar-refractivity contribution in [3.8, 4) is 11.8 Å². The van der Waals surface area contributed by atoms with Crippen molar-refractivity contribution < 1.29 is 9.53 Å². The maximum absolute atomic E-state index is 12.6. The summed E-state index contributed by atoms with van der Waals surface area (Å²) >= 11 is 0. The molecule has 1 N–H and O–H groups in total. The van der Waals surface area contributed by atoms with E-state index in [4.69, 9.17) is 4.74 Å². The average Bonchev–Trinajstić information content (AvgIpc) is 3.28. The molecule has 4 rings (SSSR count). The molecule has 0 saturated carbocycles. The summed E-state index contributed by atoms with van der Waals surface area (Å²) in [5.41, 5.74) is 2.96. The number of aromatic nitrogens is 2. The zero-order valence-corrected chi connectivity index (χ0v) is 18.0. The number of amides is 1. The van der Waals surface area contributed by atoms with Crippen molar-refractivity contribution in [2.45, 2.75) is 51.6 Å². The molecule has 7 nitrogen and oxygen atoms in total. The second-order valence-corrected chi connectivity index (χ2v) is 8.69. The lowest BCUT2D eigenvalue weighted by molar-refractivity contribution is 0.0650. The van der Waals surface area contributed by atoms with Gasteiger partial charge in [0.2, 0.25) is 0 Å². The molecular weight excluding hydrogens is 380 g/mol. The summed E-state index contributed by atoms with van der Waals surface area (Å²) in [4.78, 5) is 32.1. The number of piperidine rings is 1. The van der Waals surface area contributed by atoms with Gasteiger partial charge < -0.3 is 14.6 Å². The molecule has 2 aliphatic heterocycles. The summed E-state index contributed by atoms with van der Waals surface area (Å²) in [5, 5.41) is 0. The number of carbonyl (C=O) groups is 1. The third kappa shape index (κ3) is 3.84. The number of benzene rings is 1. The minimum absolute atomic E-state index is 0.0229. The molecule has 2 aliphatic rings. The number of imidazole rings is 1. The minimum atomic E-state index is -0.281. The van der Waals surface area contributed by atoms with Gasteiger partial charge in [0.05, 0.1) is 11.0 Å². The van der Waals surface area contributed by atoms with Crippen molar-refractivity contribution >= 4 is 17.1 Å². The summed E-state index contributed by atoms with van der Waals surface area (Å²) in [7, 11) is 0. The Morgan fingerprint density at radius 3 is 2.80 bits per heavy atom. The van der Waals surface area contributed by atoms with E-state index in [1.165, 1.54) is 0 Å². The largest absolute Gasteiger partial charge is 0.436 e. The van der Waals surface area contributed by atoms with Crippen LogP contribution in [0.3, 0.4) is 0 Å². The molecule has 2 fully saturated rings. The van der Waals surface area contributed by atoms with Crippen LogP contribution in [-0.4, -0.2) is 63.8 Å². The second kappa shape index (κ2) is 8.19. The monoisotopic (exact) mass is 410 g/mol. The van der Waals surface area contributed by atoms with Crippen molar-refractivity contribution in [3.05, 3.63) is 34.2 Å². The van der Waals surface area contributed by atoms with Crippen LogP contribution in [0.4, 0.5) is 4.79 Å². The first-order chi connectivity index (χ1) is 14.4. The second-order valence-electron chi connectivity index (χ2n) is 8.69. The zero-order chi connectivity index (χ0) is 21.3. The molecule has 2 aromatic rings. The number of carbonyl (C=O) groups excluding carboxylic acids is 1. The van der Waals surface area contributed by atoms with Crippen molar-refractivity contribution in [2.75, 3.05) is 32.8 Å². The van der Waals surface area contributed by atoms with Crippen LogP contribution < -0.4 is 5.69 Å². The number of rotatable bonds is 3. The van der Waals surface area contributed by atoms with E-state index in [0.29, 0.717) is 13.1 Å². The predicted octanol–water partition coefficient (Wildman–Crippen LogP) is 2.90. The Morgan fingerprint density at radius 1 is 1.30 bits per heavy atom. The maximum atomic E-state index is 12.6. The Bertz CT molecular complexity index is 1050. The van der Waals surface area contributed by atoms with Gasteiger partial charge in [0.15, 0.2) is 6.61 Å². The van der Waals surface area contributed by atoms with Crippen LogP contribution in [0.2, 0.25) is 0 Å². The molecule has 1 atom stereocenters. The number of nitrogens with one attached hydrogen (secondary N) is 1. The summed E-state index contributed by atoms with van der Waals surface area (Å²) in [6, 6.07) is 6.32. The smallest absolute Gasteiger partial charge is 0.410 e. The summed E-state index contributed by atoms with van der Waals surface area (Å²) in [6.07, 6.45) is 2.50. The first-order valence-electron chi connectivity index (χ1n) is 10.7. The van der Waals surface area contributed by atoms with Gasteiger partial charge in [0, 0.05) is 37.8 Å². The molecule has 7 heteroatoms. The highest BCUT2D eigenvalue weighted by atomic mass is 16.6. The highest BCUT2D eigenvalue weighted by Gasteiger charge is 2.42. The highest BCUT2D eigenvalue weighted by Crippen LogP contribution is 2.34. The fraction of sp³-hybridized carbons (Fsp3) is 0.565. The van der Waals surface area contributed by atoms with Crippen LogP contribution in [0.15, 0.2) is 23.0 Å². The molecule has 0 spiro atoms. The first-order valence-corrected chi connectivity index (χ1v) is 10.7. The average molecular weight is 411 g/mol. The lowest BCUT2D eigenvalue weighted by atomic mass is 9.93. The summed E-state index contributed by atoms with van der Waals surface area (Å²) in [5.74, 6) is 5.50. The SMILES string of the molecule is CC#CCOC(=O)N1CCC(C)(N2CCC(n3c(=O)[nH]c4cc(C)ccc43)CC2)C1. The minimum Gasteiger partial charge on any atom is -0.436 e. The molecule has 3 heterocycles. The molecule has 30 heavy (non-hydrogen) atoms. The molecule has 0 radical (unpaired) electrons. The van der Waals surface area contributed by atoms with Crippen LogP contribution in [0.5, 0.6) is 0 Å². The van der Waals surface area contributed by atoms with E-state index < -0.39 is 0 Å². The topological polar surface area (TPSA) is 70.6 Å². The number of hydrogen-bond donors (Lipinski definition) is 1. The summed E-state index contributed by atoms with van der Waals surface area (Å²) < 4.78 is 7.16. The van der Waals surface area contributed by atoms with E-state index in [0.717, 1.165) is 48.9 Å². The van der Waals surface area contributed by atoms with Gasteiger partial charge in [-0.15, -0.1) is 5.92 Å². The van der Waals surface area contributed by atoms with Crippen molar-refractivity contribution in [1.82, 2.24) is 19.4 Å². The van der Waals surface area contributed by atoms with E-state index in [1.54, 1.807) is 11.8 Å². The Kier molecular flexibility index (Phi) is 5.61. The van der Waals surface area contributed by atoms with E-state index in [2.05, 4.69) is 34.7 Å². The van der Waals surface area contributed by atoms with E-state index in [1.807, 2.05) is 23.6 Å². The Morgan fingerprint density at radius 2 is 2.07 bits per heavy atom. The first kappa shape index (κ1) is 20.5. The van der Waals surface area contributed by atoms with Gasteiger partial charge in [0.25, 0.3) is 0 Å². The van der Waals surface area contributed by atoms with Crippen LogP contribution >= 0.6 is 0 Å². The van der Waals surface area contributed by atoms with Crippen LogP contribution in [0, 0.1) is 18.8 Å². The fourth-order valence-corrected chi connectivity index (χ4v) is 4.89. The van der Waals surface area contributed by atoms with E-state index >= 15 is 0 Å². The van der Waals surface area contributed by atoms with Gasteiger partial charge in [-0.25, -0.2) is 9.59 Å². The van der Waals surface area contributed by atoms with Crippen molar-refractivity contribution in [2.24, 2.45) is 0 Å². The molecule has 0 aliphatic carbocycles. The Labute approximate surface area is 177 Å². The number of ether oxygens (including phenoxy) is 1.